The molecule has 0 amide bonds. The van der Waals surface area contributed by atoms with Crippen LogP contribution in [-0.4, -0.2) is 23.3 Å². The molecule has 0 unspecified atom stereocenters. The number of aromatic nitrogens is 1. The molecule has 0 radical (unpaired) electrons. The smallest absolute Gasteiger partial charge is 0.399 e. The van der Waals surface area contributed by atoms with E-state index in [4.69, 9.17) is 9.31 Å². The second-order valence-electron chi connectivity index (χ2n) is 7.46. The van der Waals surface area contributed by atoms with E-state index in [1.807, 2.05) is 41.5 Å². The van der Waals surface area contributed by atoms with Crippen molar-refractivity contribution < 1.29 is 22.5 Å². The molecule has 0 N–H and O–H groups in total. The van der Waals surface area contributed by atoms with Gasteiger partial charge < -0.3 is 9.31 Å². The molecule has 2 rings (SSSR count). The van der Waals surface area contributed by atoms with Crippen LogP contribution in [0, 0.1) is 5.92 Å². The molecule has 128 valence electrons. The first-order valence-corrected chi connectivity index (χ1v) is 7.75. The van der Waals surface area contributed by atoms with Gasteiger partial charge in [-0.15, -0.1) is 0 Å². The summed E-state index contributed by atoms with van der Waals surface area (Å²) in [6, 6.07) is 2.67. The summed E-state index contributed by atoms with van der Waals surface area (Å²) >= 11 is 0. The average molecular weight is 329 g/mol. The fourth-order valence-corrected chi connectivity index (χ4v) is 2.39. The Morgan fingerprint density at radius 3 is 2.04 bits per heavy atom. The Morgan fingerprint density at radius 1 is 1.09 bits per heavy atom. The van der Waals surface area contributed by atoms with Crippen molar-refractivity contribution in [3.05, 3.63) is 23.5 Å². The highest BCUT2D eigenvalue weighted by molar-refractivity contribution is 6.62. The van der Waals surface area contributed by atoms with Crippen LogP contribution >= 0.6 is 0 Å². The van der Waals surface area contributed by atoms with E-state index in [9.17, 15) is 13.2 Å². The fourth-order valence-electron chi connectivity index (χ4n) is 2.39. The van der Waals surface area contributed by atoms with Crippen LogP contribution in [-0.2, 0) is 21.9 Å². The van der Waals surface area contributed by atoms with E-state index in [-0.39, 0.29) is 5.92 Å². The molecule has 0 bridgehead atoms. The van der Waals surface area contributed by atoms with Gasteiger partial charge in [-0.05, 0) is 57.6 Å². The highest BCUT2D eigenvalue weighted by Gasteiger charge is 2.52. The molecule has 3 nitrogen and oxygen atoms in total. The van der Waals surface area contributed by atoms with Crippen LogP contribution in [0.1, 0.15) is 52.9 Å². The van der Waals surface area contributed by atoms with Gasteiger partial charge in [-0.3, -0.25) is 0 Å². The Balaban J connectivity index is 2.42. The van der Waals surface area contributed by atoms with Gasteiger partial charge in [0.25, 0.3) is 0 Å². The first-order chi connectivity index (χ1) is 10.3. The van der Waals surface area contributed by atoms with Crippen LogP contribution in [0.5, 0.6) is 0 Å². The molecule has 7 heteroatoms. The molecular weight excluding hydrogens is 306 g/mol. The van der Waals surface area contributed by atoms with Crippen LogP contribution in [0.3, 0.4) is 0 Å². The number of halogens is 3. The van der Waals surface area contributed by atoms with Crippen molar-refractivity contribution in [3.8, 4) is 0 Å². The first kappa shape index (κ1) is 18.3. The molecule has 1 aliphatic heterocycles. The van der Waals surface area contributed by atoms with Crippen molar-refractivity contribution in [2.24, 2.45) is 5.92 Å². The summed E-state index contributed by atoms with van der Waals surface area (Å²) in [5.41, 5.74) is -1.34. The molecule has 1 aliphatic rings. The molecule has 1 saturated heterocycles. The summed E-state index contributed by atoms with van der Waals surface area (Å²) in [5.74, 6) is 0.206. The minimum Gasteiger partial charge on any atom is -0.399 e. The molecular formula is C16H23BF3NO2. The van der Waals surface area contributed by atoms with Crippen molar-refractivity contribution in [1.82, 2.24) is 4.98 Å². The lowest BCUT2D eigenvalue weighted by atomic mass is 9.78. The quantitative estimate of drug-likeness (QED) is 0.794. The van der Waals surface area contributed by atoms with Crippen LogP contribution in [0.2, 0.25) is 0 Å². The van der Waals surface area contributed by atoms with Crippen LogP contribution in [0.4, 0.5) is 13.2 Å². The van der Waals surface area contributed by atoms with E-state index in [1.54, 1.807) is 6.07 Å². The zero-order chi connectivity index (χ0) is 17.6. The predicted octanol–water partition coefficient (Wildman–Crippen LogP) is 3.60. The average Bonchev–Trinajstić information content (AvgIpc) is 2.56. The maximum absolute atomic E-state index is 13.1. The first-order valence-electron chi connectivity index (χ1n) is 7.75. The third-order valence-corrected chi connectivity index (χ3v) is 4.33. The third-order valence-electron chi connectivity index (χ3n) is 4.33. The van der Waals surface area contributed by atoms with E-state index in [0.29, 0.717) is 17.6 Å². The van der Waals surface area contributed by atoms with Crippen molar-refractivity contribution in [2.75, 3.05) is 0 Å². The monoisotopic (exact) mass is 329 g/mol. The van der Waals surface area contributed by atoms with Gasteiger partial charge in [-0.1, -0.05) is 13.8 Å². The number of alkyl halides is 3. The van der Waals surface area contributed by atoms with Gasteiger partial charge in [-0.25, -0.2) is 4.98 Å². The van der Waals surface area contributed by atoms with Gasteiger partial charge in [0.1, 0.15) is 5.69 Å². The summed E-state index contributed by atoms with van der Waals surface area (Å²) in [7, 11) is -0.824. The Hall–Kier alpha value is -1.08. The molecule has 0 spiro atoms. The minimum atomic E-state index is -4.49. The SMILES string of the molecule is CC(C)Cc1cc(B2OC(C)(C)C(C)(C)O2)cc(C(F)(F)F)n1. The Morgan fingerprint density at radius 2 is 1.61 bits per heavy atom. The van der Waals surface area contributed by atoms with Gasteiger partial charge in [0, 0.05) is 5.69 Å². The fraction of sp³-hybridized carbons (Fsp3) is 0.688. The lowest BCUT2D eigenvalue weighted by Gasteiger charge is -2.32. The molecule has 2 heterocycles. The number of pyridine rings is 1. The van der Waals surface area contributed by atoms with Gasteiger partial charge in [0.15, 0.2) is 0 Å². The Bertz CT molecular complexity index is 569. The normalized spacial score (nSPS) is 20.3. The Kier molecular flexibility index (Phi) is 4.59. The lowest BCUT2D eigenvalue weighted by molar-refractivity contribution is -0.141. The molecule has 23 heavy (non-hydrogen) atoms. The van der Waals surface area contributed by atoms with E-state index in [0.717, 1.165) is 6.07 Å². The second kappa shape index (κ2) is 5.78. The number of hydrogen-bond donors (Lipinski definition) is 0. The Labute approximate surface area is 135 Å². The maximum Gasteiger partial charge on any atom is 0.494 e. The number of nitrogens with zero attached hydrogens (tertiary/aromatic N) is 1. The van der Waals surface area contributed by atoms with Gasteiger partial charge >= 0.3 is 13.3 Å². The van der Waals surface area contributed by atoms with Crippen molar-refractivity contribution in [2.45, 2.75) is 65.3 Å². The summed E-state index contributed by atoms with van der Waals surface area (Å²) in [6.07, 6.45) is -4.03. The van der Waals surface area contributed by atoms with E-state index in [2.05, 4.69) is 4.98 Å². The van der Waals surface area contributed by atoms with Crippen molar-refractivity contribution in [1.29, 1.82) is 0 Å². The zero-order valence-electron chi connectivity index (χ0n) is 14.4. The zero-order valence-corrected chi connectivity index (χ0v) is 14.4. The summed E-state index contributed by atoms with van der Waals surface area (Å²) in [5, 5.41) is 0. The number of hydrogen-bond acceptors (Lipinski definition) is 3. The highest BCUT2D eigenvalue weighted by atomic mass is 19.4. The van der Waals surface area contributed by atoms with Gasteiger partial charge in [0.2, 0.25) is 0 Å². The van der Waals surface area contributed by atoms with E-state index >= 15 is 0 Å². The second-order valence-corrected chi connectivity index (χ2v) is 7.46. The summed E-state index contributed by atoms with van der Waals surface area (Å²) < 4.78 is 51.1. The van der Waals surface area contributed by atoms with E-state index in [1.165, 1.54) is 0 Å². The molecule has 0 atom stereocenters. The molecule has 1 aromatic heterocycles. The van der Waals surface area contributed by atoms with Gasteiger partial charge in [0.05, 0.1) is 11.2 Å². The van der Waals surface area contributed by atoms with Crippen molar-refractivity contribution in [3.63, 3.8) is 0 Å². The third kappa shape index (κ3) is 3.88. The highest BCUT2D eigenvalue weighted by Crippen LogP contribution is 2.37. The molecule has 0 saturated carbocycles. The van der Waals surface area contributed by atoms with Gasteiger partial charge in [-0.2, -0.15) is 13.2 Å². The largest absolute Gasteiger partial charge is 0.494 e. The molecule has 1 fully saturated rings. The molecule has 1 aromatic rings. The van der Waals surface area contributed by atoms with Crippen molar-refractivity contribution >= 4 is 12.6 Å². The van der Waals surface area contributed by atoms with Crippen LogP contribution in [0.25, 0.3) is 0 Å². The topological polar surface area (TPSA) is 31.4 Å². The molecule has 0 aliphatic carbocycles. The molecule has 0 aromatic carbocycles. The van der Waals surface area contributed by atoms with E-state index < -0.39 is 30.2 Å². The summed E-state index contributed by atoms with van der Waals surface area (Å²) in [6.45, 7) is 11.4. The van der Waals surface area contributed by atoms with Crippen LogP contribution < -0.4 is 5.46 Å². The lowest BCUT2D eigenvalue weighted by Crippen LogP contribution is -2.41. The number of rotatable bonds is 3. The minimum absolute atomic E-state index is 0.206. The van der Waals surface area contributed by atoms with Crippen LogP contribution in [0.15, 0.2) is 12.1 Å². The standard InChI is InChI=1S/C16H23BF3NO2/c1-10(2)7-12-8-11(9-13(21-12)16(18,19)20)17-22-14(3,4)15(5,6)23-17/h8-10H,7H2,1-6H3. The predicted molar refractivity (Wildman–Crippen MR) is 83.5 cm³/mol. The summed E-state index contributed by atoms with van der Waals surface area (Å²) in [4.78, 5) is 3.75. The maximum atomic E-state index is 13.1.